The van der Waals surface area contributed by atoms with E-state index in [1.54, 1.807) is 6.08 Å². The number of hydrogen-bond donors (Lipinski definition) is 1. The number of rotatable bonds is 1. The van der Waals surface area contributed by atoms with Crippen LogP contribution in [0.3, 0.4) is 0 Å². The summed E-state index contributed by atoms with van der Waals surface area (Å²) >= 11 is 0. The lowest BCUT2D eigenvalue weighted by molar-refractivity contribution is -0.144. The average molecular weight is 252 g/mol. The molecule has 0 aromatic carbocycles. The number of aliphatic hydroxyl groups is 1. The van der Waals surface area contributed by atoms with E-state index >= 15 is 0 Å². The Balaban J connectivity index is 2.16. The predicted octanol–water partition coefficient (Wildman–Crippen LogP) is 0.145. The normalized spacial score (nSPS) is 29.3. The van der Waals surface area contributed by atoms with Gasteiger partial charge in [-0.3, -0.25) is 19.4 Å². The van der Waals surface area contributed by atoms with Crippen LogP contribution in [0.2, 0.25) is 0 Å². The predicted molar refractivity (Wildman–Crippen MR) is 66.7 cm³/mol. The van der Waals surface area contributed by atoms with Gasteiger partial charge in [-0.15, -0.1) is 0 Å². The first-order valence-corrected chi connectivity index (χ1v) is 6.27. The van der Waals surface area contributed by atoms with Gasteiger partial charge in [0.15, 0.2) is 0 Å². The summed E-state index contributed by atoms with van der Waals surface area (Å²) in [7, 11) is 0. The fraction of sp³-hybridized carbons (Fsp3) is 0.692. The molecule has 1 saturated heterocycles. The first-order chi connectivity index (χ1) is 8.30. The third kappa shape index (κ3) is 2.33. The molecule has 18 heavy (non-hydrogen) atoms. The average Bonchev–Trinajstić information content (AvgIpc) is 2.82. The van der Waals surface area contributed by atoms with Crippen molar-refractivity contribution in [3.05, 3.63) is 12.2 Å². The molecule has 0 aromatic rings. The molecule has 2 heterocycles. The van der Waals surface area contributed by atoms with E-state index in [4.69, 9.17) is 0 Å². The van der Waals surface area contributed by atoms with E-state index < -0.39 is 12.1 Å². The molecule has 2 aliphatic heterocycles. The highest BCUT2D eigenvalue weighted by Crippen LogP contribution is 2.28. The van der Waals surface area contributed by atoms with Crippen LogP contribution in [-0.4, -0.2) is 57.5 Å². The van der Waals surface area contributed by atoms with Gasteiger partial charge in [-0.1, -0.05) is 6.08 Å². The maximum atomic E-state index is 12.4. The smallest absolute Gasteiger partial charge is 0.253 e. The van der Waals surface area contributed by atoms with Gasteiger partial charge < -0.3 is 5.11 Å². The van der Waals surface area contributed by atoms with Crippen molar-refractivity contribution in [1.82, 2.24) is 9.80 Å². The number of likely N-dealkylation sites (tertiary alicyclic amines) is 1. The van der Waals surface area contributed by atoms with Gasteiger partial charge in [0.2, 0.25) is 5.91 Å². The van der Waals surface area contributed by atoms with Gasteiger partial charge in [0.25, 0.3) is 5.91 Å². The van der Waals surface area contributed by atoms with Crippen molar-refractivity contribution in [2.45, 2.75) is 44.9 Å². The minimum absolute atomic E-state index is 0.198. The van der Waals surface area contributed by atoms with Gasteiger partial charge in [0, 0.05) is 24.7 Å². The zero-order valence-corrected chi connectivity index (χ0v) is 11.1. The molecule has 2 amide bonds. The second-order valence-corrected chi connectivity index (χ2v) is 5.92. The number of amides is 2. The Morgan fingerprint density at radius 1 is 1.44 bits per heavy atom. The molecule has 5 nitrogen and oxygen atoms in total. The van der Waals surface area contributed by atoms with E-state index in [2.05, 4.69) is 0 Å². The van der Waals surface area contributed by atoms with Crippen molar-refractivity contribution in [3.63, 3.8) is 0 Å². The molecule has 0 radical (unpaired) electrons. The van der Waals surface area contributed by atoms with E-state index in [-0.39, 0.29) is 17.4 Å². The molecule has 0 aromatic heterocycles. The molecule has 2 atom stereocenters. The van der Waals surface area contributed by atoms with Gasteiger partial charge in [-0.2, -0.15) is 0 Å². The largest absolute Gasteiger partial charge is 0.392 e. The topological polar surface area (TPSA) is 60.9 Å². The summed E-state index contributed by atoms with van der Waals surface area (Å²) < 4.78 is 0. The Morgan fingerprint density at radius 3 is 2.61 bits per heavy atom. The van der Waals surface area contributed by atoms with Crippen LogP contribution in [0.1, 0.15) is 27.2 Å². The minimum atomic E-state index is -0.496. The van der Waals surface area contributed by atoms with Crippen LogP contribution >= 0.6 is 0 Å². The molecule has 0 saturated carbocycles. The lowest BCUT2D eigenvalue weighted by atomic mass is 10.0. The van der Waals surface area contributed by atoms with Gasteiger partial charge >= 0.3 is 0 Å². The van der Waals surface area contributed by atoms with E-state index in [1.807, 2.05) is 25.7 Å². The summed E-state index contributed by atoms with van der Waals surface area (Å²) in [6, 6.07) is -0.399. The third-order valence-electron chi connectivity index (χ3n) is 3.51. The number of aliphatic hydroxyl groups excluding tert-OH is 1. The summed E-state index contributed by atoms with van der Waals surface area (Å²) in [5.74, 6) is -0.452. The van der Waals surface area contributed by atoms with Crippen molar-refractivity contribution in [3.8, 4) is 0 Å². The molecule has 100 valence electrons. The van der Waals surface area contributed by atoms with Crippen LogP contribution in [0.15, 0.2) is 12.2 Å². The molecule has 2 aliphatic rings. The highest BCUT2D eigenvalue weighted by Gasteiger charge is 2.44. The third-order valence-corrected chi connectivity index (χ3v) is 3.51. The summed E-state index contributed by atoms with van der Waals surface area (Å²) in [6.45, 7) is 6.86. The molecule has 0 aliphatic carbocycles. The lowest BCUT2D eigenvalue weighted by Gasteiger charge is -2.37. The SMILES string of the molecule is CC(C)(C)N1CC(O)CC1C(=O)N1CC=CC1=O. The van der Waals surface area contributed by atoms with Gasteiger partial charge in [-0.25, -0.2) is 0 Å². The summed E-state index contributed by atoms with van der Waals surface area (Å²) in [5.41, 5.74) is -0.200. The molecule has 1 fully saturated rings. The maximum absolute atomic E-state index is 12.4. The standard InChI is InChI=1S/C13H20N2O3/c1-13(2,3)15-8-9(16)7-10(15)12(18)14-6-4-5-11(14)17/h4-5,9-10,16H,6-8H2,1-3H3. The second-order valence-electron chi connectivity index (χ2n) is 5.92. The minimum Gasteiger partial charge on any atom is -0.392 e. The number of β-amino-alcohol motifs (C(OH)–C–C–N with tert-alkyl or cyclic N) is 1. The molecule has 0 spiro atoms. The number of nitrogens with zero attached hydrogens (tertiary/aromatic N) is 2. The lowest BCUT2D eigenvalue weighted by Crippen LogP contribution is -2.52. The van der Waals surface area contributed by atoms with E-state index in [9.17, 15) is 14.7 Å². The molecule has 0 bridgehead atoms. The molecular formula is C13H20N2O3. The van der Waals surface area contributed by atoms with Crippen LogP contribution in [0, 0.1) is 0 Å². The highest BCUT2D eigenvalue weighted by atomic mass is 16.3. The monoisotopic (exact) mass is 252 g/mol. The molecule has 2 rings (SSSR count). The van der Waals surface area contributed by atoms with E-state index in [0.717, 1.165) is 0 Å². The van der Waals surface area contributed by atoms with Crippen molar-refractivity contribution >= 4 is 11.8 Å². The van der Waals surface area contributed by atoms with Gasteiger partial charge in [0.05, 0.1) is 12.1 Å². The molecule has 5 heteroatoms. The van der Waals surface area contributed by atoms with Gasteiger partial charge in [0.1, 0.15) is 0 Å². The molecular weight excluding hydrogens is 232 g/mol. The van der Waals surface area contributed by atoms with Crippen molar-refractivity contribution in [1.29, 1.82) is 0 Å². The Kier molecular flexibility index (Phi) is 3.29. The Morgan fingerprint density at radius 2 is 2.11 bits per heavy atom. The van der Waals surface area contributed by atoms with Crippen LogP contribution in [-0.2, 0) is 9.59 Å². The van der Waals surface area contributed by atoms with Crippen molar-refractivity contribution in [2.75, 3.05) is 13.1 Å². The molecule has 2 unspecified atom stereocenters. The maximum Gasteiger partial charge on any atom is 0.253 e. The highest BCUT2D eigenvalue weighted by molar-refractivity contribution is 6.04. The Hall–Kier alpha value is -1.20. The molecule has 1 N–H and O–H groups in total. The van der Waals surface area contributed by atoms with Crippen LogP contribution in [0.4, 0.5) is 0 Å². The second kappa shape index (κ2) is 4.48. The van der Waals surface area contributed by atoms with Gasteiger partial charge in [-0.05, 0) is 27.2 Å². The fourth-order valence-electron chi connectivity index (χ4n) is 2.61. The summed E-state index contributed by atoms with van der Waals surface area (Å²) in [4.78, 5) is 27.1. The Bertz CT molecular complexity index is 398. The quantitative estimate of drug-likeness (QED) is 0.675. The number of imide groups is 1. The summed E-state index contributed by atoms with van der Waals surface area (Å²) in [6.07, 6.45) is 3.02. The van der Waals surface area contributed by atoms with E-state index in [0.29, 0.717) is 19.5 Å². The zero-order valence-electron chi connectivity index (χ0n) is 11.1. The zero-order chi connectivity index (χ0) is 13.5. The Labute approximate surface area is 107 Å². The van der Waals surface area contributed by atoms with Crippen LogP contribution in [0.25, 0.3) is 0 Å². The van der Waals surface area contributed by atoms with Crippen LogP contribution in [0.5, 0.6) is 0 Å². The number of hydrogen-bond acceptors (Lipinski definition) is 4. The van der Waals surface area contributed by atoms with E-state index in [1.165, 1.54) is 11.0 Å². The first kappa shape index (κ1) is 13.2. The van der Waals surface area contributed by atoms with Crippen molar-refractivity contribution in [2.24, 2.45) is 0 Å². The number of carbonyl (C=O) groups is 2. The van der Waals surface area contributed by atoms with Crippen molar-refractivity contribution < 1.29 is 14.7 Å². The summed E-state index contributed by atoms with van der Waals surface area (Å²) in [5, 5.41) is 9.78. The fourth-order valence-corrected chi connectivity index (χ4v) is 2.61. The first-order valence-electron chi connectivity index (χ1n) is 6.27. The number of carbonyl (C=O) groups excluding carboxylic acids is 2. The van der Waals surface area contributed by atoms with Crippen LogP contribution < -0.4 is 0 Å².